The van der Waals surface area contributed by atoms with Crippen molar-refractivity contribution in [3.8, 4) is 0 Å². The molecule has 2 aromatic heterocycles. The molecule has 0 aliphatic carbocycles. The first kappa shape index (κ1) is 10.8. The number of hydrogen-bond acceptors (Lipinski definition) is 2. The summed E-state index contributed by atoms with van der Waals surface area (Å²) >= 11 is 2.14. The van der Waals surface area contributed by atoms with E-state index in [-0.39, 0.29) is 18.5 Å². The van der Waals surface area contributed by atoms with Gasteiger partial charge in [0.05, 0.1) is 24.4 Å². The van der Waals surface area contributed by atoms with Crippen LogP contribution in [0.1, 0.15) is 13.0 Å². The van der Waals surface area contributed by atoms with Crippen LogP contribution in [0.4, 0.5) is 4.39 Å². The van der Waals surface area contributed by atoms with Gasteiger partial charge in [0.15, 0.2) is 5.82 Å². The second kappa shape index (κ2) is 4.05. The molecule has 15 heavy (non-hydrogen) atoms. The molecule has 0 aromatic carbocycles. The lowest BCUT2D eigenvalue weighted by Crippen LogP contribution is -2.08. The Hall–Kier alpha value is -0.690. The van der Waals surface area contributed by atoms with Gasteiger partial charge in [-0.15, -0.1) is 0 Å². The first-order chi connectivity index (χ1) is 7.15. The zero-order valence-electron chi connectivity index (χ0n) is 8.11. The van der Waals surface area contributed by atoms with Crippen molar-refractivity contribution in [2.24, 2.45) is 0 Å². The van der Waals surface area contributed by atoms with Crippen LogP contribution in [0.3, 0.4) is 0 Å². The van der Waals surface area contributed by atoms with Crippen LogP contribution in [-0.4, -0.2) is 21.3 Å². The summed E-state index contributed by atoms with van der Waals surface area (Å²) in [5, 5.41) is 9.87. The van der Waals surface area contributed by atoms with Gasteiger partial charge in [-0.3, -0.25) is 4.98 Å². The number of nitrogens with zero attached hydrogens (tertiary/aromatic N) is 2. The molecule has 0 unspecified atom stereocenters. The zero-order valence-corrected chi connectivity index (χ0v) is 10.3. The molecule has 2 rings (SSSR count). The lowest BCUT2D eigenvalue weighted by molar-refractivity contribution is 0.241. The quantitative estimate of drug-likeness (QED) is 0.863. The molecule has 0 bridgehead atoms. The largest absolute Gasteiger partial charge is 0.394 e. The maximum Gasteiger partial charge on any atom is 0.165 e. The van der Waals surface area contributed by atoms with Gasteiger partial charge in [0.2, 0.25) is 0 Å². The highest BCUT2D eigenvalue weighted by atomic mass is 127. The topological polar surface area (TPSA) is 38.0 Å². The maximum atomic E-state index is 13.6. The molecule has 1 N–H and O–H groups in total. The average molecular weight is 320 g/mol. The highest BCUT2D eigenvalue weighted by molar-refractivity contribution is 14.1. The van der Waals surface area contributed by atoms with Crippen LogP contribution >= 0.6 is 22.6 Å². The fourth-order valence-corrected chi connectivity index (χ4v) is 2.25. The first-order valence-electron chi connectivity index (χ1n) is 4.55. The van der Waals surface area contributed by atoms with Gasteiger partial charge in [-0.1, -0.05) is 0 Å². The molecule has 0 fully saturated rings. The minimum atomic E-state index is -0.351. The molecule has 0 saturated heterocycles. The molecule has 3 nitrogen and oxygen atoms in total. The maximum absolute atomic E-state index is 13.6. The SMILES string of the molecule is C[C@H](CO)n1cc(I)c2cncc(F)c21. The summed E-state index contributed by atoms with van der Waals surface area (Å²) < 4.78 is 16.3. The number of rotatable bonds is 2. The van der Waals surface area contributed by atoms with E-state index >= 15 is 0 Å². The van der Waals surface area contributed by atoms with Gasteiger partial charge in [0.1, 0.15) is 0 Å². The van der Waals surface area contributed by atoms with Crippen molar-refractivity contribution < 1.29 is 9.50 Å². The monoisotopic (exact) mass is 320 g/mol. The predicted molar refractivity (Wildman–Crippen MR) is 64.2 cm³/mol. The third-order valence-electron chi connectivity index (χ3n) is 2.38. The molecule has 1 atom stereocenters. The summed E-state index contributed by atoms with van der Waals surface area (Å²) in [5.41, 5.74) is 0.510. The summed E-state index contributed by atoms with van der Waals surface area (Å²) in [7, 11) is 0. The van der Waals surface area contributed by atoms with Crippen molar-refractivity contribution in [2.45, 2.75) is 13.0 Å². The first-order valence-corrected chi connectivity index (χ1v) is 5.63. The van der Waals surface area contributed by atoms with Crippen LogP contribution in [-0.2, 0) is 0 Å². The Labute approximate surface area is 100 Å². The van der Waals surface area contributed by atoms with E-state index in [0.29, 0.717) is 5.52 Å². The van der Waals surface area contributed by atoms with Crippen molar-refractivity contribution in [3.63, 3.8) is 0 Å². The van der Waals surface area contributed by atoms with E-state index in [1.165, 1.54) is 6.20 Å². The van der Waals surface area contributed by atoms with Gasteiger partial charge in [0, 0.05) is 21.4 Å². The van der Waals surface area contributed by atoms with Crippen LogP contribution in [0.15, 0.2) is 18.6 Å². The average Bonchev–Trinajstić information content (AvgIpc) is 2.57. The number of pyridine rings is 1. The number of hydrogen-bond donors (Lipinski definition) is 1. The Bertz CT molecular complexity index is 497. The number of halogens is 2. The molecule has 2 aromatic rings. The number of aromatic nitrogens is 2. The summed E-state index contributed by atoms with van der Waals surface area (Å²) in [6.07, 6.45) is 4.66. The summed E-state index contributed by atoms with van der Waals surface area (Å²) in [4.78, 5) is 3.82. The molecule has 0 amide bonds. The Morgan fingerprint density at radius 3 is 3.00 bits per heavy atom. The summed E-state index contributed by atoms with van der Waals surface area (Å²) in [5.74, 6) is -0.351. The van der Waals surface area contributed by atoms with Gasteiger partial charge in [-0.2, -0.15) is 0 Å². The predicted octanol–water partition coefficient (Wildman–Crippen LogP) is 2.33. The molecule has 0 aliphatic rings. The number of aliphatic hydroxyl groups is 1. The molecule has 0 spiro atoms. The van der Waals surface area contributed by atoms with E-state index in [1.807, 2.05) is 13.1 Å². The fourth-order valence-electron chi connectivity index (χ4n) is 1.56. The molecule has 80 valence electrons. The standard InChI is InChI=1S/C10H10FIN2O/c1-6(5-15)14-4-9(12)7-2-13-3-8(11)10(7)14/h2-4,6,15H,5H2,1H3/t6-/m1/s1. The Morgan fingerprint density at radius 1 is 1.60 bits per heavy atom. The molecule has 0 aliphatic heterocycles. The van der Waals surface area contributed by atoms with Crippen LogP contribution in [0, 0.1) is 9.39 Å². The Morgan fingerprint density at radius 2 is 2.33 bits per heavy atom. The Balaban J connectivity index is 2.75. The van der Waals surface area contributed by atoms with Crippen LogP contribution in [0.2, 0.25) is 0 Å². The number of fused-ring (bicyclic) bond motifs is 1. The van der Waals surface area contributed by atoms with E-state index in [0.717, 1.165) is 8.96 Å². The fraction of sp³-hybridized carbons (Fsp3) is 0.300. The third-order valence-corrected chi connectivity index (χ3v) is 3.24. The highest BCUT2D eigenvalue weighted by Gasteiger charge is 2.14. The van der Waals surface area contributed by atoms with Gasteiger partial charge in [-0.05, 0) is 29.5 Å². The lowest BCUT2D eigenvalue weighted by atomic mass is 10.3. The van der Waals surface area contributed by atoms with Gasteiger partial charge >= 0.3 is 0 Å². The molecule has 0 saturated carbocycles. The Kier molecular flexibility index (Phi) is 2.92. The second-order valence-electron chi connectivity index (χ2n) is 3.43. The van der Waals surface area contributed by atoms with Crippen LogP contribution < -0.4 is 0 Å². The number of aliphatic hydroxyl groups excluding tert-OH is 1. The van der Waals surface area contributed by atoms with E-state index in [1.54, 1.807) is 10.8 Å². The lowest BCUT2D eigenvalue weighted by Gasteiger charge is -2.11. The third kappa shape index (κ3) is 1.74. The van der Waals surface area contributed by atoms with Crippen molar-refractivity contribution in [1.29, 1.82) is 0 Å². The van der Waals surface area contributed by atoms with Crippen molar-refractivity contribution >= 4 is 33.5 Å². The van der Waals surface area contributed by atoms with E-state index in [2.05, 4.69) is 27.6 Å². The van der Waals surface area contributed by atoms with Crippen molar-refractivity contribution in [2.75, 3.05) is 6.61 Å². The van der Waals surface area contributed by atoms with Crippen molar-refractivity contribution in [1.82, 2.24) is 9.55 Å². The molecule has 2 heterocycles. The smallest absolute Gasteiger partial charge is 0.165 e. The van der Waals surface area contributed by atoms with Crippen LogP contribution in [0.5, 0.6) is 0 Å². The van der Waals surface area contributed by atoms with E-state index in [9.17, 15) is 4.39 Å². The van der Waals surface area contributed by atoms with Crippen molar-refractivity contribution in [3.05, 3.63) is 28.0 Å². The normalized spacial score (nSPS) is 13.3. The summed E-state index contributed by atoms with van der Waals surface area (Å²) in [6.45, 7) is 1.83. The molecular weight excluding hydrogens is 310 g/mol. The van der Waals surface area contributed by atoms with Gasteiger partial charge in [-0.25, -0.2) is 4.39 Å². The minimum absolute atomic E-state index is 0.0123. The second-order valence-corrected chi connectivity index (χ2v) is 4.60. The van der Waals surface area contributed by atoms with Gasteiger partial charge < -0.3 is 9.67 Å². The molecule has 5 heteroatoms. The van der Waals surface area contributed by atoms with Gasteiger partial charge in [0.25, 0.3) is 0 Å². The van der Waals surface area contributed by atoms with E-state index in [4.69, 9.17) is 5.11 Å². The molecule has 0 radical (unpaired) electrons. The molecular formula is C10H10FIN2O. The summed E-state index contributed by atoms with van der Waals surface area (Å²) in [6, 6.07) is -0.132. The van der Waals surface area contributed by atoms with Crippen LogP contribution in [0.25, 0.3) is 10.9 Å². The minimum Gasteiger partial charge on any atom is -0.394 e. The zero-order chi connectivity index (χ0) is 11.0. The van der Waals surface area contributed by atoms with E-state index < -0.39 is 0 Å². The highest BCUT2D eigenvalue weighted by Crippen LogP contribution is 2.26.